The first-order chi connectivity index (χ1) is 13.8. The van der Waals surface area contributed by atoms with Crippen LogP contribution in [0, 0.1) is 11.3 Å². The number of alkyl halides is 3. The van der Waals surface area contributed by atoms with Gasteiger partial charge in [-0.15, -0.1) is 10.2 Å². The molecule has 2 aromatic rings. The molecule has 3 heterocycles. The predicted molar refractivity (Wildman–Crippen MR) is 97.4 cm³/mol. The molecule has 12 heteroatoms. The molecule has 3 unspecified atom stereocenters. The fourth-order valence-corrected chi connectivity index (χ4v) is 2.84. The Balaban J connectivity index is 1.77. The van der Waals surface area contributed by atoms with Gasteiger partial charge in [0, 0.05) is 24.7 Å². The number of halogens is 3. The van der Waals surface area contributed by atoms with E-state index in [0.29, 0.717) is 6.61 Å². The Bertz CT molecular complexity index is 884. The van der Waals surface area contributed by atoms with E-state index in [4.69, 9.17) is 10.00 Å². The van der Waals surface area contributed by atoms with E-state index in [1.807, 2.05) is 19.9 Å². The number of nitrogens with zero attached hydrogens (tertiary/aromatic N) is 5. The summed E-state index contributed by atoms with van der Waals surface area (Å²) >= 11 is 0. The van der Waals surface area contributed by atoms with Crippen molar-refractivity contribution in [2.75, 3.05) is 23.8 Å². The summed E-state index contributed by atoms with van der Waals surface area (Å²) in [6.45, 7) is 4.51. The molecule has 3 rings (SSSR count). The van der Waals surface area contributed by atoms with Gasteiger partial charge in [0.15, 0.2) is 17.2 Å². The van der Waals surface area contributed by atoms with Crippen molar-refractivity contribution < 1.29 is 17.9 Å². The fraction of sp³-hybridized carbons (Fsp3) is 0.471. The molecule has 0 aliphatic carbocycles. The van der Waals surface area contributed by atoms with Gasteiger partial charge in [-0.2, -0.15) is 18.4 Å². The topological polar surface area (TPSA) is 121 Å². The van der Waals surface area contributed by atoms with E-state index in [2.05, 4.69) is 36.1 Å². The molecular formula is C17H19F3N8O. The highest BCUT2D eigenvalue weighted by atomic mass is 19.4. The smallest absolute Gasteiger partial charge is 0.380 e. The van der Waals surface area contributed by atoms with Crippen molar-refractivity contribution in [3.05, 3.63) is 29.8 Å². The highest BCUT2D eigenvalue weighted by molar-refractivity contribution is 5.60. The number of morpholine rings is 1. The molecule has 0 bridgehead atoms. The van der Waals surface area contributed by atoms with Crippen LogP contribution in [0.3, 0.4) is 0 Å². The average molecular weight is 408 g/mol. The number of hydrogen-bond acceptors (Lipinski definition) is 9. The van der Waals surface area contributed by atoms with Gasteiger partial charge in [0.25, 0.3) is 0 Å². The first kappa shape index (κ1) is 20.7. The Morgan fingerprint density at radius 3 is 2.66 bits per heavy atom. The van der Waals surface area contributed by atoms with Crippen LogP contribution in [0.2, 0.25) is 0 Å². The van der Waals surface area contributed by atoms with E-state index in [0.717, 1.165) is 0 Å². The van der Waals surface area contributed by atoms with E-state index in [1.165, 1.54) is 18.5 Å². The molecule has 9 nitrogen and oxygen atoms in total. The molecule has 1 aliphatic heterocycles. The number of aromatic nitrogens is 4. The van der Waals surface area contributed by atoms with Crippen LogP contribution < -0.4 is 16.0 Å². The summed E-state index contributed by atoms with van der Waals surface area (Å²) in [4.78, 5) is 7.78. The zero-order chi connectivity index (χ0) is 21.0. The lowest BCUT2D eigenvalue weighted by Crippen LogP contribution is -2.53. The lowest BCUT2D eigenvalue weighted by atomic mass is 10.1. The third kappa shape index (κ3) is 5.27. The maximum absolute atomic E-state index is 13.3. The van der Waals surface area contributed by atoms with E-state index >= 15 is 0 Å². The van der Waals surface area contributed by atoms with E-state index in [1.54, 1.807) is 0 Å². The molecule has 3 N–H and O–H groups in total. The number of nitrogens with one attached hydrogen (secondary N) is 3. The van der Waals surface area contributed by atoms with Crippen molar-refractivity contribution in [3.63, 3.8) is 0 Å². The molecule has 1 saturated heterocycles. The molecule has 154 valence electrons. The predicted octanol–water partition coefficient (Wildman–Crippen LogP) is 2.08. The molecule has 1 aliphatic rings. The van der Waals surface area contributed by atoms with Crippen LogP contribution in [0.5, 0.6) is 0 Å². The number of hydrogen-bond donors (Lipinski definition) is 3. The fourth-order valence-electron chi connectivity index (χ4n) is 2.84. The second-order valence-corrected chi connectivity index (χ2v) is 6.62. The summed E-state index contributed by atoms with van der Waals surface area (Å²) in [5, 5.41) is 24.4. The minimum atomic E-state index is -4.67. The lowest BCUT2D eigenvalue weighted by molar-refractivity contribution is -0.141. The highest BCUT2D eigenvalue weighted by Crippen LogP contribution is 2.34. The molecule has 29 heavy (non-hydrogen) atoms. The van der Waals surface area contributed by atoms with Crippen LogP contribution in [0.15, 0.2) is 18.5 Å². The van der Waals surface area contributed by atoms with Crippen LogP contribution in [-0.2, 0) is 10.9 Å². The van der Waals surface area contributed by atoms with Crippen LogP contribution in [-0.4, -0.2) is 51.5 Å². The van der Waals surface area contributed by atoms with Gasteiger partial charge in [-0.1, -0.05) is 0 Å². The van der Waals surface area contributed by atoms with E-state index in [9.17, 15) is 13.2 Å². The Hall–Kier alpha value is -3.04. The number of ether oxygens (including phenoxy) is 1. The Morgan fingerprint density at radius 2 is 2.03 bits per heavy atom. The molecule has 0 spiro atoms. The van der Waals surface area contributed by atoms with Crippen molar-refractivity contribution >= 4 is 17.3 Å². The molecule has 0 amide bonds. The summed E-state index contributed by atoms with van der Waals surface area (Å²) in [6, 6.07) is 3.17. The maximum atomic E-state index is 13.3. The quantitative estimate of drug-likeness (QED) is 0.683. The lowest BCUT2D eigenvalue weighted by Gasteiger charge is -2.34. The zero-order valence-electron chi connectivity index (χ0n) is 15.7. The van der Waals surface area contributed by atoms with E-state index in [-0.39, 0.29) is 47.7 Å². The SMILES string of the molecule is CC1COC(CNc2cc(Nc3cnc(C#N)cn3)nnc2C(F)(F)F)C(C)N1. The monoisotopic (exact) mass is 408 g/mol. The van der Waals surface area contributed by atoms with Gasteiger partial charge in [-0.25, -0.2) is 9.97 Å². The van der Waals surface area contributed by atoms with Crippen LogP contribution in [0.25, 0.3) is 0 Å². The summed E-state index contributed by atoms with van der Waals surface area (Å²) in [5.41, 5.74) is -1.24. The number of nitriles is 1. The minimum Gasteiger partial charge on any atom is -0.380 e. The molecule has 3 atom stereocenters. The van der Waals surface area contributed by atoms with Gasteiger partial charge in [-0.05, 0) is 13.8 Å². The van der Waals surface area contributed by atoms with Gasteiger partial charge < -0.3 is 20.7 Å². The maximum Gasteiger partial charge on any atom is 0.437 e. The molecule has 1 fully saturated rings. The first-order valence-corrected chi connectivity index (χ1v) is 8.82. The van der Waals surface area contributed by atoms with Crippen molar-refractivity contribution in [2.45, 2.75) is 38.2 Å². The molecule has 0 radical (unpaired) electrons. The minimum absolute atomic E-state index is 0.0260. The summed E-state index contributed by atoms with van der Waals surface area (Å²) in [7, 11) is 0. The Morgan fingerprint density at radius 1 is 1.24 bits per heavy atom. The van der Waals surface area contributed by atoms with Gasteiger partial charge in [0.1, 0.15) is 11.9 Å². The van der Waals surface area contributed by atoms with Gasteiger partial charge >= 0.3 is 6.18 Å². The second-order valence-electron chi connectivity index (χ2n) is 6.62. The third-order valence-corrected chi connectivity index (χ3v) is 4.24. The van der Waals surface area contributed by atoms with Crippen LogP contribution >= 0.6 is 0 Å². The first-order valence-electron chi connectivity index (χ1n) is 8.82. The normalized spacial score (nSPS) is 22.0. The summed E-state index contributed by atoms with van der Waals surface area (Å²) < 4.78 is 45.7. The average Bonchev–Trinajstić information content (AvgIpc) is 2.67. The number of rotatable bonds is 5. The van der Waals surface area contributed by atoms with Crippen molar-refractivity contribution in [1.82, 2.24) is 25.5 Å². The second kappa shape index (κ2) is 8.54. The molecule has 2 aromatic heterocycles. The molecule has 0 saturated carbocycles. The van der Waals surface area contributed by atoms with E-state index < -0.39 is 11.9 Å². The Kier molecular flexibility index (Phi) is 6.09. The summed E-state index contributed by atoms with van der Waals surface area (Å²) in [6.07, 6.45) is -2.47. The number of anilines is 3. The van der Waals surface area contributed by atoms with Gasteiger partial charge in [0.2, 0.25) is 0 Å². The highest BCUT2D eigenvalue weighted by Gasteiger charge is 2.37. The van der Waals surface area contributed by atoms with Crippen molar-refractivity contribution in [1.29, 1.82) is 5.26 Å². The zero-order valence-corrected chi connectivity index (χ0v) is 15.7. The third-order valence-electron chi connectivity index (χ3n) is 4.24. The van der Waals surface area contributed by atoms with Crippen molar-refractivity contribution in [2.24, 2.45) is 0 Å². The molecular weight excluding hydrogens is 389 g/mol. The Labute approximate surface area is 164 Å². The largest absolute Gasteiger partial charge is 0.437 e. The summed E-state index contributed by atoms with van der Waals surface area (Å²) in [5.74, 6) is 0.260. The van der Waals surface area contributed by atoms with Crippen molar-refractivity contribution in [3.8, 4) is 6.07 Å². The standard InChI is InChI=1S/C17H19F3N8O/c1-9-8-29-13(10(2)25-9)6-23-12-3-14(27-28-16(12)17(18,19)20)26-15-7-22-11(4-21)5-24-15/h3,5,7,9-10,13,25H,6,8H2,1-2H3,(H2,23,24,26,27). The molecule has 0 aromatic carbocycles. The van der Waals surface area contributed by atoms with Crippen LogP contribution in [0.1, 0.15) is 25.2 Å². The van der Waals surface area contributed by atoms with Crippen LogP contribution in [0.4, 0.5) is 30.5 Å². The van der Waals surface area contributed by atoms with Gasteiger partial charge in [0.05, 0.1) is 30.8 Å². The van der Waals surface area contributed by atoms with Gasteiger partial charge in [-0.3, -0.25) is 0 Å².